The van der Waals surface area contributed by atoms with Crippen molar-refractivity contribution in [3.05, 3.63) is 54.1 Å². The zero-order chi connectivity index (χ0) is 14.1. The second-order valence-corrected chi connectivity index (χ2v) is 5.02. The Morgan fingerprint density at radius 1 is 1.15 bits per heavy atom. The van der Waals surface area contributed by atoms with E-state index in [0.29, 0.717) is 21.8 Å². The number of rotatable bonds is 1. The van der Waals surface area contributed by atoms with E-state index >= 15 is 0 Å². The molecule has 100 valence electrons. The summed E-state index contributed by atoms with van der Waals surface area (Å²) in [6.45, 7) is 0.0205. The highest BCUT2D eigenvalue weighted by Crippen LogP contribution is 2.30. The number of anilines is 2. The van der Waals surface area contributed by atoms with Gasteiger partial charge in [0, 0.05) is 10.5 Å². The molecule has 2 aromatic rings. The van der Waals surface area contributed by atoms with E-state index in [-0.39, 0.29) is 18.4 Å². The second-order valence-electron chi connectivity index (χ2n) is 4.51. The minimum Gasteiger partial charge on any atom is -0.323 e. The second kappa shape index (κ2) is 5.02. The molecule has 0 atom stereocenters. The lowest BCUT2D eigenvalue weighted by Crippen LogP contribution is -2.42. The molecule has 0 saturated heterocycles. The third-order valence-corrected chi connectivity index (χ3v) is 3.39. The zero-order valence-corrected chi connectivity index (χ0v) is 11.4. The molecule has 5 heteroatoms. The number of thiol groups is 1. The van der Waals surface area contributed by atoms with Crippen molar-refractivity contribution >= 4 is 35.8 Å². The van der Waals surface area contributed by atoms with Gasteiger partial charge in [-0.2, -0.15) is 0 Å². The predicted molar refractivity (Wildman–Crippen MR) is 80.4 cm³/mol. The Morgan fingerprint density at radius 2 is 1.95 bits per heavy atom. The molecule has 1 heterocycles. The van der Waals surface area contributed by atoms with E-state index < -0.39 is 0 Å². The Kier molecular flexibility index (Phi) is 3.20. The average molecular weight is 284 g/mol. The van der Waals surface area contributed by atoms with E-state index in [1.807, 2.05) is 18.2 Å². The van der Waals surface area contributed by atoms with Gasteiger partial charge < -0.3 is 5.32 Å². The molecule has 1 aliphatic heterocycles. The van der Waals surface area contributed by atoms with Crippen LogP contribution in [0.25, 0.3) is 0 Å². The van der Waals surface area contributed by atoms with Gasteiger partial charge in [0.1, 0.15) is 6.54 Å². The molecule has 3 rings (SSSR count). The maximum absolute atomic E-state index is 12.6. The largest absolute Gasteiger partial charge is 0.323 e. The summed E-state index contributed by atoms with van der Waals surface area (Å²) in [7, 11) is 0. The van der Waals surface area contributed by atoms with Crippen molar-refractivity contribution in [2.75, 3.05) is 16.8 Å². The Hall–Kier alpha value is -2.27. The molecular formula is C15H12N2O2S. The molecule has 0 aliphatic carbocycles. The molecule has 0 radical (unpaired) electrons. The van der Waals surface area contributed by atoms with Crippen LogP contribution in [0.15, 0.2) is 53.4 Å². The van der Waals surface area contributed by atoms with E-state index in [4.69, 9.17) is 0 Å². The average Bonchev–Trinajstić information content (AvgIpc) is 2.45. The van der Waals surface area contributed by atoms with Crippen LogP contribution in [0, 0.1) is 0 Å². The van der Waals surface area contributed by atoms with Gasteiger partial charge >= 0.3 is 0 Å². The highest BCUT2D eigenvalue weighted by molar-refractivity contribution is 7.80. The molecule has 0 unspecified atom stereocenters. The fourth-order valence-electron chi connectivity index (χ4n) is 2.21. The fraction of sp³-hybridized carbons (Fsp3) is 0.0667. The van der Waals surface area contributed by atoms with Gasteiger partial charge in [-0.1, -0.05) is 18.2 Å². The third-order valence-electron chi connectivity index (χ3n) is 3.11. The summed E-state index contributed by atoms with van der Waals surface area (Å²) < 4.78 is 0. The monoisotopic (exact) mass is 284 g/mol. The molecule has 1 N–H and O–H groups in total. The molecule has 4 nitrogen and oxygen atoms in total. The number of para-hydroxylation sites is 2. The van der Waals surface area contributed by atoms with Crippen molar-refractivity contribution in [1.82, 2.24) is 0 Å². The molecule has 0 saturated carbocycles. The number of benzene rings is 2. The van der Waals surface area contributed by atoms with Crippen molar-refractivity contribution in [3.8, 4) is 0 Å². The number of carbonyl (C=O) groups excluding carboxylic acids is 2. The van der Waals surface area contributed by atoms with Crippen LogP contribution in [-0.4, -0.2) is 18.4 Å². The maximum Gasteiger partial charge on any atom is 0.258 e. The summed E-state index contributed by atoms with van der Waals surface area (Å²) >= 11 is 4.24. The predicted octanol–water partition coefficient (Wildman–Crippen LogP) is 2.57. The van der Waals surface area contributed by atoms with Crippen LogP contribution in [-0.2, 0) is 4.79 Å². The summed E-state index contributed by atoms with van der Waals surface area (Å²) in [5.74, 6) is -0.401. The van der Waals surface area contributed by atoms with E-state index in [9.17, 15) is 9.59 Å². The highest BCUT2D eigenvalue weighted by atomic mass is 32.1. The summed E-state index contributed by atoms with van der Waals surface area (Å²) in [5.41, 5.74) is 1.88. The van der Waals surface area contributed by atoms with Crippen LogP contribution in [0.4, 0.5) is 11.4 Å². The number of amides is 2. The quantitative estimate of drug-likeness (QED) is 0.791. The van der Waals surface area contributed by atoms with Crippen LogP contribution in [0.2, 0.25) is 0 Å². The molecule has 0 bridgehead atoms. The SMILES string of the molecule is O=C1CN(C(=O)c2cccc(S)c2)c2ccccc2N1. The normalized spacial score (nSPS) is 13.7. The first-order chi connectivity index (χ1) is 9.65. The first kappa shape index (κ1) is 12.7. The Bertz CT molecular complexity index is 700. The standard InChI is InChI=1S/C15H12N2O2S/c18-14-9-17(13-7-2-1-6-12(13)16-14)15(19)10-4-3-5-11(20)8-10/h1-8,20H,9H2,(H,16,18). The molecule has 2 aromatic carbocycles. The summed E-state index contributed by atoms with van der Waals surface area (Å²) in [4.78, 5) is 26.5. The van der Waals surface area contributed by atoms with E-state index in [1.165, 1.54) is 4.90 Å². The molecule has 0 aromatic heterocycles. The zero-order valence-electron chi connectivity index (χ0n) is 10.5. The van der Waals surface area contributed by atoms with Gasteiger partial charge in [0.2, 0.25) is 5.91 Å². The number of carbonyl (C=O) groups is 2. The van der Waals surface area contributed by atoms with Crippen molar-refractivity contribution in [3.63, 3.8) is 0 Å². The van der Waals surface area contributed by atoms with E-state index in [1.54, 1.807) is 30.3 Å². The molecule has 0 fully saturated rings. The van der Waals surface area contributed by atoms with Crippen LogP contribution < -0.4 is 10.2 Å². The van der Waals surface area contributed by atoms with Gasteiger partial charge in [0.25, 0.3) is 5.91 Å². The van der Waals surface area contributed by atoms with Crippen molar-refractivity contribution < 1.29 is 9.59 Å². The third kappa shape index (κ3) is 2.28. The summed E-state index contributed by atoms with van der Waals surface area (Å²) in [5, 5.41) is 2.76. The van der Waals surface area contributed by atoms with E-state index in [0.717, 1.165) is 0 Å². The topological polar surface area (TPSA) is 49.4 Å². The van der Waals surface area contributed by atoms with Crippen LogP contribution in [0.3, 0.4) is 0 Å². The van der Waals surface area contributed by atoms with Crippen LogP contribution in [0.5, 0.6) is 0 Å². The molecule has 0 spiro atoms. The first-order valence-electron chi connectivity index (χ1n) is 6.15. The van der Waals surface area contributed by atoms with Crippen molar-refractivity contribution in [2.24, 2.45) is 0 Å². The summed E-state index contributed by atoms with van der Waals surface area (Å²) in [6.07, 6.45) is 0. The molecule has 2 amide bonds. The molecule has 20 heavy (non-hydrogen) atoms. The Morgan fingerprint density at radius 3 is 2.75 bits per heavy atom. The molecule has 1 aliphatic rings. The number of hydrogen-bond donors (Lipinski definition) is 2. The van der Waals surface area contributed by atoms with Crippen molar-refractivity contribution in [1.29, 1.82) is 0 Å². The van der Waals surface area contributed by atoms with Crippen LogP contribution in [0.1, 0.15) is 10.4 Å². The van der Waals surface area contributed by atoms with Gasteiger partial charge in [-0.3, -0.25) is 14.5 Å². The molecular weight excluding hydrogens is 272 g/mol. The number of fused-ring (bicyclic) bond motifs is 1. The Balaban J connectivity index is 2.02. The highest BCUT2D eigenvalue weighted by Gasteiger charge is 2.27. The minimum absolute atomic E-state index is 0.0205. The van der Waals surface area contributed by atoms with Gasteiger partial charge in [-0.05, 0) is 30.3 Å². The maximum atomic E-state index is 12.6. The van der Waals surface area contributed by atoms with Gasteiger partial charge in [0.15, 0.2) is 0 Å². The number of nitrogens with zero attached hydrogens (tertiary/aromatic N) is 1. The van der Waals surface area contributed by atoms with Gasteiger partial charge in [0.05, 0.1) is 11.4 Å². The fourth-order valence-corrected chi connectivity index (χ4v) is 2.43. The van der Waals surface area contributed by atoms with Crippen LogP contribution >= 0.6 is 12.6 Å². The first-order valence-corrected chi connectivity index (χ1v) is 6.59. The minimum atomic E-state index is -0.205. The lowest BCUT2D eigenvalue weighted by molar-refractivity contribution is -0.115. The van der Waals surface area contributed by atoms with E-state index in [2.05, 4.69) is 17.9 Å². The van der Waals surface area contributed by atoms with Crippen molar-refractivity contribution in [2.45, 2.75) is 4.90 Å². The van der Waals surface area contributed by atoms with Gasteiger partial charge in [-0.25, -0.2) is 0 Å². The lowest BCUT2D eigenvalue weighted by Gasteiger charge is -2.29. The Labute approximate surface area is 121 Å². The number of hydrogen-bond acceptors (Lipinski definition) is 3. The smallest absolute Gasteiger partial charge is 0.258 e. The summed E-state index contributed by atoms with van der Waals surface area (Å²) in [6, 6.07) is 14.2. The lowest BCUT2D eigenvalue weighted by atomic mass is 10.1. The van der Waals surface area contributed by atoms with Gasteiger partial charge in [-0.15, -0.1) is 12.6 Å². The number of nitrogens with one attached hydrogen (secondary N) is 1.